The minimum atomic E-state index is -3.83. The van der Waals surface area contributed by atoms with E-state index in [9.17, 15) is 18.0 Å². The van der Waals surface area contributed by atoms with Crippen molar-refractivity contribution in [2.45, 2.75) is 50.1 Å². The molecule has 0 spiro atoms. The number of hydrogen-bond acceptors (Lipinski definition) is 5. The number of carbonyl (C=O) groups is 2. The summed E-state index contributed by atoms with van der Waals surface area (Å²) in [5.74, 6) is -1.05. The molecule has 0 N–H and O–H groups in total. The summed E-state index contributed by atoms with van der Waals surface area (Å²) < 4.78 is 32.7. The van der Waals surface area contributed by atoms with Crippen molar-refractivity contribution in [2.24, 2.45) is 0 Å². The van der Waals surface area contributed by atoms with Gasteiger partial charge in [0.15, 0.2) is 6.61 Å². The monoisotopic (exact) mass is 444 g/mol. The van der Waals surface area contributed by atoms with Gasteiger partial charge in [0.2, 0.25) is 10.0 Å². The van der Waals surface area contributed by atoms with Crippen LogP contribution >= 0.6 is 0 Å². The second kappa shape index (κ2) is 10.1. The minimum Gasteiger partial charge on any atom is -0.454 e. The lowest BCUT2D eigenvalue weighted by Crippen LogP contribution is -2.49. The molecule has 166 valence electrons. The molecule has 0 bridgehead atoms. The Bertz CT molecular complexity index is 993. The molecule has 0 radical (unpaired) electrons. The van der Waals surface area contributed by atoms with Crippen molar-refractivity contribution < 1.29 is 22.7 Å². The molecule has 0 aromatic heterocycles. The topological polar surface area (TPSA) is 84.0 Å². The smallest absolute Gasteiger partial charge is 0.324 e. The molecule has 1 saturated heterocycles. The predicted molar refractivity (Wildman–Crippen MR) is 118 cm³/mol. The molecular weight excluding hydrogens is 416 g/mol. The van der Waals surface area contributed by atoms with E-state index in [1.165, 1.54) is 16.4 Å². The number of hydrogen-bond donors (Lipinski definition) is 0. The van der Waals surface area contributed by atoms with E-state index in [4.69, 9.17) is 4.74 Å². The molecular formula is C23H28N2O5S. The summed E-state index contributed by atoms with van der Waals surface area (Å²) in [5.41, 5.74) is 0.712. The molecule has 31 heavy (non-hydrogen) atoms. The van der Waals surface area contributed by atoms with Gasteiger partial charge in [-0.2, -0.15) is 4.31 Å². The molecule has 1 fully saturated rings. The van der Waals surface area contributed by atoms with Crippen LogP contribution in [-0.2, 0) is 24.3 Å². The fraction of sp³-hybridized carbons (Fsp3) is 0.391. The molecule has 2 aromatic carbocycles. The molecule has 1 heterocycles. The van der Waals surface area contributed by atoms with E-state index in [0.717, 1.165) is 6.42 Å². The highest BCUT2D eigenvalue weighted by Crippen LogP contribution is 2.26. The number of benzene rings is 2. The van der Waals surface area contributed by atoms with Crippen molar-refractivity contribution in [1.29, 1.82) is 0 Å². The van der Waals surface area contributed by atoms with E-state index in [-0.39, 0.29) is 23.4 Å². The van der Waals surface area contributed by atoms with E-state index < -0.39 is 28.6 Å². The number of piperidine rings is 1. The fourth-order valence-corrected chi connectivity index (χ4v) is 5.44. The van der Waals surface area contributed by atoms with Gasteiger partial charge in [0.25, 0.3) is 5.91 Å². The maximum Gasteiger partial charge on any atom is 0.324 e. The number of sulfonamides is 1. The van der Waals surface area contributed by atoms with Crippen molar-refractivity contribution in [2.75, 3.05) is 18.1 Å². The van der Waals surface area contributed by atoms with Gasteiger partial charge in [0, 0.05) is 18.3 Å². The largest absolute Gasteiger partial charge is 0.454 e. The second-order valence-electron chi connectivity index (χ2n) is 7.74. The van der Waals surface area contributed by atoms with Gasteiger partial charge in [-0.05, 0) is 57.4 Å². The average Bonchev–Trinajstić information content (AvgIpc) is 2.78. The number of carbonyl (C=O) groups excluding carboxylic acids is 2. The normalized spacial score (nSPS) is 17.3. The third kappa shape index (κ3) is 5.32. The SMILES string of the molecule is CC(C)N(C(=O)COC(=O)C1CCCCN1S(=O)(=O)c1ccccc1)c1ccccc1. The van der Waals surface area contributed by atoms with Crippen LogP contribution in [0.25, 0.3) is 0 Å². The predicted octanol–water partition coefficient (Wildman–Crippen LogP) is 3.21. The van der Waals surface area contributed by atoms with Crippen LogP contribution < -0.4 is 4.90 Å². The van der Waals surface area contributed by atoms with Crippen LogP contribution in [0.1, 0.15) is 33.1 Å². The Kier molecular flexibility index (Phi) is 7.46. The van der Waals surface area contributed by atoms with E-state index in [1.54, 1.807) is 23.1 Å². The Morgan fingerprint density at radius 1 is 1.03 bits per heavy atom. The van der Waals surface area contributed by atoms with Crippen molar-refractivity contribution >= 4 is 27.6 Å². The number of anilines is 1. The first-order valence-electron chi connectivity index (χ1n) is 10.4. The zero-order valence-electron chi connectivity index (χ0n) is 17.8. The third-order valence-corrected chi connectivity index (χ3v) is 7.16. The molecule has 0 aliphatic carbocycles. The maximum atomic E-state index is 13.1. The lowest BCUT2D eigenvalue weighted by Gasteiger charge is -2.33. The molecule has 1 unspecified atom stereocenters. The highest BCUT2D eigenvalue weighted by molar-refractivity contribution is 7.89. The molecule has 7 nitrogen and oxygen atoms in total. The molecule has 2 aromatic rings. The summed E-state index contributed by atoms with van der Waals surface area (Å²) in [7, 11) is -3.83. The Balaban J connectivity index is 1.71. The zero-order chi connectivity index (χ0) is 22.4. The Morgan fingerprint density at radius 2 is 1.65 bits per heavy atom. The summed E-state index contributed by atoms with van der Waals surface area (Å²) in [6.07, 6.45) is 1.76. The van der Waals surface area contributed by atoms with Gasteiger partial charge in [-0.1, -0.05) is 36.4 Å². The number of ether oxygens (including phenoxy) is 1. The molecule has 1 aliphatic rings. The van der Waals surface area contributed by atoms with Crippen molar-refractivity contribution in [3.8, 4) is 0 Å². The van der Waals surface area contributed by atoms with Crippen LogP contribution in [0.5, 0.6) is 0 Å². The molecule has 1 atom stereocenters. The van der Waals surface area contributed by atoms with Crippen LogP contribution in [0.4, 0.5) is 5.69 Å². The minimum absolute atomic E-state index is 0.127. The first kappa shape index (κ1) is 23.0. The average molecular weight is 445 g/mol. The van der Waals surface area contributed by atoms with E-state index in [1.807, 2.05) is 44.2 Å². The van der Waals surface area contributed by atoms with Crippen LogP contribution in [-0.4, -0.2) is 49.8 Å². The number of rotatable bonds is 7. The van der Waals surface area contributed by atoms with E-state index in [0.29, 0.717) is 18.5 Å². The highest BCUT2D eigenvalue weighted by Gasteiger charge is 2.39. The van der Waals surface area contributed by atoms with E-state index >= 15 is 0 Å². The maximum absolute atomic E-state index is 13.1. The lowest BCUT2D eigenvalue weighted by atomic mass is 10.1. The summed E-state index contributed by atoms with van der Waals surface area (Å²) in [6, 6.07) is 16.1. The molecule has 1 amide bonds. The number of para-hydroxylation sites is 1. The van der Waals surface area contributed by atoms with Crippen molar-refractivity contribution in [3.05, 3.63) is 60.7 Å². The second-order valence-corrected chi connectivity index (χ2v) is 9.63. The van der Waals surface area contributed by atoms with Gasteiger partial charge in [0.1, 0.15) is 6.04 Å². The van der Waals surface area contributed by atoms with Gasteiger partial charge in [0.05, 0.1) is 4.90 Å². The van der Waals surface area contributed by atoms with Gasteiger partial charge in [-0.3, -0.25) is 9.59 Å². The summed E-state index contributed by atoms with van der Waals surface area (Å²) in [4.78, 5) is 27.3. The Hall–Kier alpha value is -2.71. The van der Waals surface area contributed by atoms with Gasteiger partial charge in [-0.25, -0.2) is 8.42 Å². The molecule has 0 saturated carbocycles. The van der Waals surface area contributed by atoms with Crippen LogP contribution in [0, 0.1) is 0 Å². The van der Waals surface area contributed by atoms with Crippen molar-refractivity contribution in [1.82, 2.24) is 4.31 Å². The number of amides is 1. The number of nitrogens with zero attached hydrogens (tertiary/aromatic N) is 2. The van der Waals surface area contributed by atoms with Gasteiger partial charge >= 0.3 is 5.97 Å². The van der Waals surface area contributed by atoms with Crippen molar-refractivity contribution in [3.63, 3.8) is 0 Å². The molecule has 3 rings (SSSR count). The Labute approximate surface area is 183 Å². The lowest BCUT2D eigenvalue weighted by molar-refractivity contribution is -0.152. The summed E-state index contributed by atoms with van der Waals surface area (Å²) in [5, 5.41) is 0. The molecule has 8 heteroatoms. The van der Waals surface area contributed by atoms with Crippen LogP contribution in [0.15, 0.2) is 65.6 Å². The van der Waals surface area contributed by atoms with Gasteiger partial charge in [-0.15, -0.1) is 0 Å². The first-order chi connectivity index (χ1) is 14.8. The number of esters is 1. The first-order valence-corrected chi connectivity index (χ1v) is 11.9. The van der Waals surface area contributed by atoms with E-state index in [2.05, 4.69) is 0 Å². The van der Waals surface area contributed by atoms with Gasteiger partial charge < -0.3 is 9.64 Å². The zero-order valence-corrected chi connectivity index (χ0v) is 18.6. The Morgan fingerprint density at radius 3 is 2.26 bits per heavy atom. The standard InChI is InChI=1S/C23H28N2O5S/c1-18(2)25(19-11-5-3-6-12-19)22(26)17-30-23(27)21-15-9-10-16-24(21)31(28,29)20-13-7-4-8-14-20/h3-8,11-14,18,21H,9-10,15-17H2,1-2H3. The highest BCUT2D eigenvalue weighted by atomic mass is 32.2. The third-order valence-electron chi connectivity index (χ3n) is 5.23. The fourth-order valence-electron chi connectivity index (χ4n) is 3.77. The molecule has 1 aliphatic heterocycles. The summed E-state index contributed by atoms with van der Waals surface area (Å²) in [6.45, 7) is 3.55. The quantitative estimate of drug-likeness (QED) is 0.613. The summed E-state index contributed by atoms with van der Waals surface area (Å²) >= 11 is 0. The van der Waals surface area contributed by atoms with Crippen LogP contribution in [0.2, 0.25) is 0 Å². The van der Waals surface area contributed by atoms with Crippen LogP contribution in [0.3, 0.4) is 0 Å².